The molecule has 0 aliphatic heterocycles. The highest BCUT2D eigenvalue weighted by Crippen LogP contribution is 2.23. The number of amides is 1. The van der Waals surface area contributed by atoms with Gasteiger partial charge in [0.05, 0.1) is 9.61 Å². The van der Waals surface area contributed by atoms with Crippen LogP contribution in [-0.4, -0.2) is 16.0 Å². The van der Waals surface area contributed by atoms with Gasteiger partial charge in [-0.2, -0.15) is 0 Å². The Morgan fingerprint density at radius 1 is 1.55 bits per heavy atom. The molecule has 2 aromatic rings. The summed E-state index contributed by atoms with van der Waals surface area (Å²) >= 11 is 3.62. The highest BCUT2D eigenvalue weighted by atomic mass is 127. The molecule has 1 aromatic heterocycles. The highest BCUT2D eigenvalue weighted by Gasteiger charge is 2.15. The molecule has 1 atom stereocenters. The van der Waals surface area contributed by atoms with E-state index in [0.29, 0.717) is 5.56 Å². The molecular weight excluding hydrogens is 387 g/mol. The molecule has 0 aliphatic rings. The van der Waals surface area contributed by atoms with Crippen LogP contribution < -0.4 is 5.32 Å². The molecule has 0 fully saturated rings. The number of carbonyl (C=O) groups excluding carboxylic acids is 1. The van der Waals surface area contributed by atoms with Gasteiger partial charge in [0.25, 0.3) is 5.91 Å². The van der Waals surface area contributed by atoms with E-state index in [9.17, 15) is 9.90 Å². The number of thiazole rings is 1. The number of rotatable bonds is 4. The summed E-state index contributed by atoms with van der Waals surface area (Å²) in [4.78, 5) is 17.6. The minimum absolute atomic E-state index is 0.119. The summed E-state index contributed by atoms with van der Waals surface area (Å²) in [5, 5.41) is 13.4. The second kappa shape index (κ2) is 6.53. The van der Waals surface area contributed by atoms with Gasteiger partial charge < -0.3 is 10.4 Å². The summed E-state index contributed by atoms with van der Waals surface area (Å²) in [7, 11) is 0. The van der Waals surface area contributed by atoms with Crippen molar-refractivity contribution in [1.82, 2.24) is 10.3 Å². The molecule has 1 heterocycles. The molecule has 20 heavy (non-hydrogen) atoms. The molecular formula is C14H15IN2O2S. The minimum Gasteiger partial charge on any atom is -0.507 e. The van der Waals surface area contributed by atoms with Gasteiger partial charge in [-0.15, -0.1) is 11.3 Å². The SMILES string of the molecule is CCc1cnc(C(C)NC(=O)c2ccc(I)c(O)c2)s1. The predicted octanol–water partition coefficient (Wildman–Crippen LogP) is 3.51. The predicted molar refractivity (Wildman–Crippen MR) is 88.2 cm³/mol. The molecule has 1 amide bonds. The first-order valence-corrected chi connectivity index (χ1v) is 8.14. The van der Waals surface area contributed by atoms with Gasteiger partial charge in [-0.3, -0.25) is 4.79 Å². The van der Waals surface area contributed by atoms with Crippen LogP contribution in [-0.2, 0) is 6.42 Å². The van der Waals surface area contributed by atoms with E-state index in [0.717, 1.165) is 15.0 Å². The number of hydrogen-bond donors (Lipinski definition) is 2. The first-order valence-electron chi connectivity index (χ1n) is 6.25. The zero-order valence-corrected chi connectivity index (χ0v) is 14.2. The molecule has 0 aliphatic carbocycles. The zero-order chi connectivity index (χ0) is 14.7. The Labute approximate surface area is 135 Å². The number of phenolic OH excluding ortho intramolecular Hbond substituents is 1. The second-order valence-electron chi connectivity index (χ2n) is 4.38. The molecule has 2 N–H and O–H groups in total. The van der Waals surface area contributed by atoms with E-state index in [1.165, 1.54) is 10.9 Å². The molecule has 4 nitrogen and oxygen atoms in total. The number of aromatic hydroxyl groups is 1. The molecule has 0 saturated heterocycles. The Morgan fingerprint density at radius 2 is 2.30 bits per heavy atom. The van der Waals surface area contributed by atoms with Crippen molar-refractivity contribution >= 4 is 39.8 Å². The number of nitrogens with one attached hydrogen (secondary N) is 1. The van der Waals surface area contributed by atoms with Gasteiger partial charge in [0, 0.05) is 16.6 Å². The van der Waals surface area contributed by atoms with Crippen molar-refractivity contribution in [2.45, 2.75) is 26.3 Å². The van der Waals surface area contributed by atoms with Crippen LogP contribution in [0, 0.1) is 3.57 Å². The number of hydrogen-bond acceptors (Lipinski definition) is 4. The fourth-order valence-corrected chi connectivity index (χ4v) is 2.88. The maximum atomic E-state index is 12.1. The van der Waals surface area contributed by atoms with E-state index in [1.807, 2.05) is 35.7 Å². The Hall–Kier alpha value is -1.15. The van der Waals surface area contributed by atoms with Crippen molar-refractivity contribution in [1.29, 1.82) is 0 Å². The Bertz CT molecular complexity index is 627. The van der Waals surface area contributed by atoms with E-state index in [1.54, 1.807) is 23.5 Å². The summed E-state index contributed by atoms with van der Waals surface area (Å²) in [6.45, 7) is 3.98. The lowest BCUT2D eigenvalue weighted by atomic mass is 10.2. The van der Waals surface area contributed by atoms with E-state index in [-0.39, 0.29) is 17.7 Å². The average molecular weight is 402 g/mol. The largest absolute Gasteiger partial charge is 0.507 e. The van der Waals surface area contributed by atoms with Gasteiger partial charge in [-0.25, -0.2) is 4.98 Å². The maximum Gasteiger partial charge on any atom is 0.251 e. The summed E-state index contributed by atoms with van der Waals surface area (Å²) in [6, 6.07) is 4.74. The first-order chi connectivity index (χ1) is 9.51. The van der Waals surface area contributed by atoms with Crippen molar-refractivity contribution in [2.24, 2.45) is 0 Å². The molecule has 0 saturated carbocycles. The van der Waals surface area contributed by atoms with Crippen molar-refractivity contribution < 1.29 is 9.90 Å². The van der Waals surface area contributed by atoms with Crippen LogP contribution in [0.2, 0.25) is 0 Å². The summed E-state index contributed by atoms with van der Waals surface area (Å²) in [5.74, 6) is -0.0918. The highest BCUT2D eigenvalue weighted by molar-refractivity contribution is 14.1. The lowest BCUT2D eigenvalue weighted by Gasteiger charge is -2.11. The van der Waals surface area contributed by atoms with Crippen LogP contribution >= 0.6 is 33.9 Å². The van der Waals surface area contributed by atoms with Crippen LogP contribution in [0.15, 0.2) is 24.4 Å². The fraction of sp³-hybridized carbons (Fsp3) is 0.286. The van der Waals surface area contributed by atoms with Gasteiger partial charge in [-0.05, 0) is 54.1 Å². The normalized spacial score (nSPS) is 12.2. The number of benzene rings is 1. The van der Waals surface area contributed by atoms with Crippen LogP contribution in [0.5, 0.6) is 5.75 Å². The van der Waals surface area contributed by atoms with Crippen molar-refractivity contribution in [3.8, 4) is 5.75 Å². The quantitative estimate of drug-likeness (QED) is 0.770. The average Bonchev–Trinajstić information content (AvgIpc) is 2.90. The number of aryl methyl sites for hydroxylation is 1. The van der Waals surface area contributed by atoms with E-state index in [2.05, 4.69) is 17.2 Å². The van der Waals surface area contributed by atoms with Gasteiger partial charge in [0.2, 0.25) is 0 Å². The number of nitrogens with zero attached hydrogens (tertiary/aromatic N) is 1. The lowest BCUT2D eigenvalue weighted by molar-refractivity contribution is 0.0939. The molecule has 0 bridgehead atoms. The van der Waals surface area contributed by atoms with Crippen LogP contribution in [0.1, 0.15) is 40.1 Å². The smallest absolute Gasteiger partial charge is 0.251 e. The molecule has 106 valence electrons. The van der Waals surface area contributed by atoms with E-state index < -0.39 is 0 Å². The van der Waals surface area contributed by atoms with Crippen molar-refractivity contribution in [3.63, 3.8) is 0 Å². The number of carbonyl (C=O) groups is 1. The van der Waals surface area contributed by atoms with Crippen molar-refractivity contribution in [3.05, 3.63) is 43.4 Å². The zero-order valence-electron chi connectivity index (χ0n) is 11.2. The molecule has 0 spiro atoms. The van der Waals surface area contributed by atoms with E-state index in [4.69, 9.17) is 0 Å². The number of aromatic nitrogens is 1. The second-order valence-corrected chi connectivity index (χ2v) is 6.69. The number of phenols is 1. The standard InChI is InChI=1S/C14H15IN2O2S/c1-3-10-7-16-14(20-10)8(2)17-13(19)9-4-5-11(15)12(18)6-9/h4-8,18H,3H2,1-2H3,(H,17,19). The van der Waals surface area contributed by atoms with Crippen LogP contribution in [0.3, 0.4) is 0 Å². The molecule has 6 heteroatoms. The Kier molecular flexibility index (Phi) is 4.98. The molecule has 1 aromatic carbocycles. The lowest BCUT2D eigenvalue weighted by Crippen LogP contribution is -2.26. The third-order valence-corrected chi connectivity index (χ3v) is 5.08. The first kappa shape index (κ1) is 15.2. The maximum absolute atomic E-state index is 12.1. The summed E-state index contributed by atoms with van der Waals surface area (Å²) in [6.07, 6.45) is 2.79. The van der Waals surface area contributed by atoms with Gasteiger partial charge in [0.1, 0.15) is 10.8 Å². The Morgan fingerprint density at radius 3 is 2.90 bits per heavy atom. The van der Waals surface area contributed by atoms with Gasteiger partial charge >= 0.3 is 0 Å². The van der Waals surface area contributed by atoms with Crippen molar-refractivity contribution in [2.75, 3.05) is 0 Å². The molecule has 1 unspecified atom stereocenters. The third kappa shape index (κ3) is 3.49. The summed E-state index contributed by atoms with van der Waals surface area (Å²) < 4.78 is 0.722. The molecule has 0 radical (unpaired) electrons. The minimum atomic E-state index is -0.211. The fourth-order valence-electron chi connectivity index (χ4n) is 1.68. The van der Waals surface area contributed by atoms with Gasteiger partial charge in [-0.1, -0.05) is 6.92 Å². The van der Waals surface area contributed by atoms with Crippen LogP contribution in [0.4, 0.5) is 0 Å². The van der Waals surface area contributed by atoms with E-state index >= 15 is 0 Å². The van der Waals surface area contributed by atoms with Gasteiger partial charge in [0.15, 0.2) is 0 Å². The number of halogens is 1. The molecule has 2 rings (SSSR count). The Balaban J connectivity index is 2.08. The topological polar surface area (TPSA) is 62.2 Å². The monoisotopic (exact) mass is 402 g/mol. The summed E-state index contributed by atoms with van der Waals surface area (Å²) in [5.41, 5.74) is 0.446. The third-order valence-electron chi connectivity index (χ3n) is 2.85. The van der Waals surface area contributed by atoms with Crippen LogP contribution in [0.25, 0.3) is 0 Å².